The molecule has 0 aliphatic carbocycles. The van der Waals surface area contributed by atoms with Crippen LogP contribution in [0.25, 0.3) is 22.4 Å². The number of benzene rings is 2. The van der Waals surface area contributed by atoms with Crippen LogP contribution in [0.3, 0.4) is 0 Å². The van der Waals surface area contributed by atoms with E-state index in [1.807, 2.05) is 19.9 Å². The molecule has 0 saturated heterocycles. The van der Waals surface area contributed by atoms with Gasteiger partial charge in [0.05, 0.1) is 7.11 Å². The van der Waals surface area contributed by atoms with Crippen LogP contribution in [0.4, 0.5) is 5.69 Å². The predicted molar refractivity (Wildman–Crippen MR) is 121 cm³/mol. The summed E-state index contributed by atoms with van der Waals surface area (Å²) >= 11 is 0. The van der Waals surface area contributed by atoms with Crippen molar-refractivity contribution in [3.63, 3.8) is 0 Å². The molecular formula is C24H22N4O3. The number of aromatic nitrogens is 3. The highest BCUT2D eigenvalue weighted by Gasteiger charge is 2.16. The second-order valence-corrected chi connectivity index (χ2v) is 7.34. The Hall–Kier alpha value is -4.00. The third-order valence-corrected chi connectivity index (χ3v) is 4.91. The van der Waals surface area contributed by atoms with E-state index in [0.717, 1.165) is 0 Å². The number of hydrogen-bond donors (Lipinski definition) is 1. The molecule has 7 nitrogen and oxygen atoms in total. The van der Waals surface area contributed by atoms with E-state index in [1.165, 1.54) is 0 Å². The smallest absolute Gasteiger partial charge is 0.278 e. The number of nitrogens with zero attached hydrogens (tertiary/aromatic N) is 3. The van der Waals surface area contributed by atoms with Crippen LogP contribution in [-0.4, -0.2) is 27.6 Å². The van der Waals surface area contributed by atoms with Crippen molar-refractivity contribution in [3.8, 4) is 17.0 Å². The standard InChI is InChI=1S/C24H22N4O3/c1-15(2)28-22-20(8-5-13-25-22)27-21(24(28)30)16-9-11-17(12-10-16)23(29)26-18-6-4-7-19(14-18)31-3/h4-15H,1-3H3,(H,26,29). The topological polar surface area (TPSA) is 86.1 Å². The number of pyridine rings is 1. The fourth-order valence-corrected chi connectivity index (χ4v) is 3.39. The molecule has 4 rings (SSSR count). The highest BCUT2D eigenvalue weighted by Crippen LogP contribution is 2.21. The third kappa shape index (κ3) is 4.02. The van der Waals surface area contributed by atoms with Crippen LogP contribution in [0, 0.1) is 0 Å². The van der Waals surface area contributed by atoms with E-state index < -0.39 is 0 Å². The molecule has 0 bridgehead atoms. The summed E-state index contributed by atoms with van der Waals surface area (Å²) in [6.07, 6.45) is 1.65. The second kappa shape index (κ2) is 8.39. The minimum atomic E-state index is -0.255. The summed E-state index contributed by atoms with van der Waals surface area (Å²) in [6.45, 7) is 3.87. The minimum Gasteiger partial charge on any atom is -0.497 e. The number of amides is 1. The summed E-state index contributed by atoms with van der Waals surface area (Å²) in [5.41, 5.74) is 3.06. The summed E-state index contributed by atoms with van der Waals surface area (Å²) < 4.78 is 6.82. The van der Waals surface area contributed by atoms with Crippen molar-refractivity contribution in [3.05, 3.63) is 82.8 Å². The van der Waals surface area contributed by atoms with Gasteiger partial charge in [0.15, 0.2) is 5.65 Å². The van der Waals surface area contributed by atoms with E-state index in [1.54, 1.807) is 72.5 Å². The summed E-state index contributed by atoms with van der Waals surface area (Å²) in [5, 5.41) is 2.84. The molecule has 0 fully saturated rings. The van der Waals surface area contributed by atoms with Crippen molar-refractivity contribution < 1.29 is 9.53 Å². The van der Waals surface area contributed by atoms with Crippen LogP contribution in [-0.2, 0) is 0 Å². The van der Waals surface area contributed by atoms with Gasteiger partial charge in [-0.15, -0.1) is 0 Å². The largest absolute Gasteiger partial charge is 0.497 e. The van der Waals surface area contributed by atoms with Crippen molar-refractivity contribution in [2.75, 3.05) is 12.4 Å². The first kappa shape index (κ1) is 20.3. The monoisotopic (exact) mass is 414 g/mol. The van der Waals surface area contributed by atoms with Crippen molar-refractivity contribution in [2.24, 2.45) is 0 Å². The van der Waals surface area contributed by atoms with Crippen molar-refractivity contribution in [1.29, 1.82) is 0 Å². The zero-order valence-corrected chi connectivity index (χ0v) is 17.5. The molecule has 2 aromatic heterocycles. The highest BCUT2D eigenvalue weighted by molar-refractivity contribution is 6.04. The number of ether oxygens (including phenoxy) is 1. The SMILES string of the molecule is COc1cccc(NC(=O)c2ccc(-c3nc4cccnc4n(C(C)C)c3=O)cc2)c1. The lowest BCUT2D eigenvalue weighted by Crippen LogP contribution is -2.25. The summed E-state index contributed by atoms with van der Waals surface area (Å²) in [6, 6.07) is 17.5. The van der Waals surface area contributed by atoms with Crippen molar-refractivity contribution in [2.45, 2.75) is 19.9 Å². The molecular weight excluding hydrogens is 392 g/mol. The van der Waals surface area contributed by atoms with Gasteiger partial charge in [-0.25, -0.2) is 9.97 Å². The zero-order valence-electron chi connectivity index (χ0n) is 17.5. The molecule has 0 aliphatic rings. The van der Waals surface area contributed by atoms with Crippen LogP contribution < -0.4 is 15.6 Å². The molecule has 0 spiro atoms. The van der Waals surface area contributed by atoms with E-state index in [0.29, 0.717) is 39.4 Å². The normalized spacial score (nSPS) is 11.0. The van der Waals surface area contributed by atoms with Crippen LogP contribution in [0.2, 0.25) is 0 Å². The predicted octanol–water partition coefficient (Wildman–Crippen LogP) is 4.30. The molecule has 0 radical (unpaired) electrons. The number of methoxy groups -OCH3 is 1. The number of hydrogen-bond acceptors (Lipinski definition) is 5. The van der Waals surface area contributed by atoms with Gasteiger partial charge in [0, 0.05) is 35.1 Å². The Bertz CT molecular complexity index is 1310. The first-order valence-electron chi connectivity index (χ1n) is 9.91. The molecule has 1 N–H and O–H groups in total. The molecule has 0 saturated carbocycles. The lowest BCUT2D eigenvalue weighted by atomic mass is 10.1. The van der Waals surface area contributed by atoms with E-state index >= 15 is 0 Å². The number of anilines is 1. The molecule has 0 aliphatic heterocycles. The Balaban J connectivity index is 1.67. The molecule has 4 aromatic rings. The summed E-state index contributed by atoms with van der Waals surface area (Å²) in [5.74, 6) is 0.404. The first-order chi connectivity index (χ1) is 15.0. The van der Waals surface area contributed by atoms with Gasteiger partial charge in [-0.1, -0.05) is 18.2 Å². The van der Waals surface area contributed by atoms with Crippen LogP contribution in [0.1, 0.15) is 30.2 Å². The lowest BCUT2D eigenvalue weighted by molar-refractivity contribution is 0.102. The maximum Gasteiger partial charge on any atom is 0.278 e. The lowest BCUT2D eigenvalue weighted by Gasteiger charge is -2.14. The Morgan fingerprint density at radius 3 is 2.55 bits per heavy atom. The van der Waals surface area contributed by atoms with Gasteiger partial charge in [0.1, 0.15) is 17.0 Å². The zero-order chi connectivity index (χ0) is 22.0. The average Bonchev–Trinajstić information content (AvgIpc) is 2.78. The van der Waals surface area contributed by atoms with E-state index in [2.05, 4.69) is 15.3 Å². The molecule has 2 heterocycles. The van der Waals surface area contributed by atoms with Crippen LogP contribution in [0.5, 0.6) is 5.75 Å². The minimum absolute atomic E-state index is 0.0698. The molecule has 156 valence electrons. The molecule has 1 amide bonds. The summed E-state index contributed by atoms with van der Waals surface area (Å²) in [7, 11) is 1.57. The summed E-state index contributed by atoms with van der Waals surface area (Å²) in [4.78, 5) is 34.6. The van der Waals surface area contributed by atoms with Gasteiger partial charge in [-0.3, -0.25) is 14.2 Å². The molecule has 31 heavy (non-hydrogen) atoms. The van der Waals surface area contributed by atoms with Gasteiger partial charge in [-0.05, 0) is 50.2 Å². The maximum atomic E-state index is 13.1. The van der Waals surface area contributed by atoms with Crippen molar-refractivity contribution in [1.82, 2.24) is 14.5 Å². The average molecular weight is 414 g/mol. The van der Waals surface area contributed by atoms with Crippen LogP contribution in [0.15, 0.2) is 71.7 Å². The van der Waals surface area contributed by atoms with Gasteiger partial charge in [0.25, 0.3) is 11.5 Å². The second-order valence-electron chi connectivity index (χ2n) is 7.34. The molecule has 0 atom stereocenters. The highest BCUT2D eigenvalue weighted by atomic mass is 16.5. The number of fused-ring (bicyclic) bond motifs is 1. The number of rotatable bonds is 5. The van der Waals surface area contributed by atoms with Gasteiger partial charge in [0.2, 0.25) is 0 Å². The Kier molecular flexibility index (Phi) is 5.49. The van der Waals surface area contributed by atoms with Crippen molar-refractivity contribution >= 4 is 22.8 Å². The quantitative estimate of drug-likeness (QED) is 0.526. The van der Waals surface area contributed by atoms with Gasteiger partial charge in [-0.2, -0.15) is 0 Å². The molecule has 0 unspecified atom stereocenters. The Morgan fingerprint density at radius 1 is 1.06 bits per heavy atom. The Morgan fingerprint density at radius 2 is 1.84 bits per heavy atom. The van der Waals surface area contributed by atoms with E-state index in [9.17, 15) is 9.59 Å². The molecule has 2 aromatic carbocycles. The molecule has 7 heteroatoms. The fourth-order valence-electron chi connectivity index (χ4n) is 3.39. The van der Waals surface area contributed by atoms with Crippen LogP contribution >= 0.6 is 0 Å². The number of carbonyl (C=O) groups is 1. The van der Waals surface area contributed by atoms with Gasteiger partial charge < -0.3 is 10.1 Å². The van der Waals surface area contributed by atoms with E-state index in [4.69, 9.17) is 4.74 Å². The number of carbonyl (C=O) groups excluding carboxylic acids is 1. The fraction of sp³-hybridized carbons (Fsp3) is 0.167. The first-order valence-corrected chi connectivity index (χ1v) is 9.91. The van der Waals surface area contributed by atoms with Gasteiger partial charge >= 0.3 is 0 Å². The maximum absolute atomic E-state index is 13.1. The number of nitrogens with one attached hydrogen (secondary N) is 1. The third-order valence-electron chi connectivity index (χ3n) is 4.91. The Labute approximate surface area is 179 Å². The van der Waals surface area contributed by atoms with E-state index in [-0.39, 0.29) is 17.5 Å².